The maximum absolute atomic E-state index is 13.2. The third-order valence-corrected chi connectivity index (χ3v) is 2.21. The number of amides is 1. The van der Waals surface area contributed by atoms with Crippen LogP contribution in [0.4, 0.5) is 10.1 Å². The van der Waals surface area contributed by atoms with E-state index in [1.54, 1.807) is 13.0 Å². The molecule has 1 heterocycles. The number of anilines is 1. The van der Waals surface area contributed by atoms with Crippen molar-refractivity contribution in [2.24, 2.45) is 0 Å². The lowest BCUT2D eigenvalue weighted by Crippen LogP contribution is -2.32. The number of carbonyl (C=O) groups is 1. The second-order valence-corrected chi connectivity index (χ2v) is 4.12. The Hall–Kier alpha value is -1.16. The monoisotopic (exact) mass is 230 g/mol. The summed E-state index contributed by atoms with van der Waals surface area (Å²) in [7, 11) is 0. The van der Waals surface area contributed by atoms with Crippen molar-refractivity contribution in [2.75, 3.05) is 5.32 Å². The quantitative estimate of drug-likeness (QED) is 0.794. The Morgan fingerprint density at radius 2 is 2.20 bits per heavy atom. The van der Waals surface area contributed by atoms with Crippen LogP contribution in [0, 0.1) is 6.92 Å². The van der Waals surface area contributed by atoms with Crippen molar-refractivity contribution in [3.8, 4) is 0 Å². The molecule has 0 aliphatic rings. The van der Waals surface area contributed by atoms with Crippen molar-refractivity contribution in [3.63, 3.8) is 0 Å². The van der Waals surface area contributed by atoms with Crippen molar-refractivity contribution in [2.45, 2.75) is 26.4 Å². The van der Waals surface area contributed by atoms with Gasteiger partial charge in [0, 0.05) is 0 Å². The van der Waals surface area contributed by atoms with Crippen LogP contribution < -0.4 is 5.32 Å². The van der Waals surface area contributed by atoms with Crippen LogP contribution in [0.3, 0.4) is 0 Å². The fraction of sp³-hybridized carbons (Fsp3) is 0.400. The standard InChI is InChI=1S/C10H12ClFN2O/c1-6-4-7(5-13-8(6)11)14-9(15)10(2,3)12/h4-5H,1-3H3,(H,14,15). The van der Waals surface area contributed by atoms with Crippen LogP contribution in [0.2, 0.25) is 5.15 Å². The van der Waals surface area contributed by atoms with Crippen LogP contribution in [-0.4, -0.2) is 16.6 Å². The summed E-state index contributed by atoms with van der Waals surface area (Å²) in [5.41, 5.74) is -0.744. The molecule has 0 atom stereocenters. The molecule has 0 saturated carbocycles. The highest BCUT2D eigenvalue weighted by atomic mass is 35.5. The zero-order chi connectivity index (χ0) is 11.6. The van der Waals surface area contributed by atoms with Gasteiger partial charge in [-0.3, -0.25) is 4.79 Å². The molecule has 0 aromatic carbocycles. The molecule has 0 spiro atoms. The van der Waals surface area contributed by atoms with Gasteiger partial charge in [0.2, 0.25) is 0 Å². The number of alkyl halides is 1. The molecule has 15 heavy (non-hydrogen) atoms. The van der Waals surface area contributed by atoms with E-state index in [2.05, 4.69) is 10.3 Å². The highest BCUT2D eigenvalue weighted by Gasteiger charge is 2.26. The second-order valence-electron chi connectivity index (χ2n) is 3.76. The average Bonchev–Trinajstić information content (AvgIpc) is 2.10. The van der Waals surface area contributed by atoms with Gasteiger partial charge in [-0.2, -0.15) is 0 Å². The van der Waals surface area contributed by atoms with Crippen LogP contribution >= 0.6 is 11.6 Å². The van der Waals surface area contributed by atoms with Gasteiger partial charge in [-0.1, -0.05) is 11.6 Å². The molecule has 1 amide bonds. The number of rotatable bonds is 2. The molecule has 5 heteroatoms. The number of nitrogens with one attached hydrogen (secondary N) is 1. The fourth-order valence-corrected chi connectivity index (χ4v) is 1.01. The molecule has 0 fully saturated rings. The van der Waals surface area contributed by atoms with E-state index in [1.165, 1.54) is 20.0 Å². The number of carbonyl (C=O) groups excluding carboxylic acids is 1. The molecule has 1 aromatic rings. The van der Waals surface area contributed by atoms with Crippen molar-refractivity contribution in [3.05, 3.63) is 23.0 Å². The van der Waals surface area contributed by atoms with Gasteiger partial charge in [-0.15, -0.1) is 0 Å². The Balaban J connectivity index is 2.83. The molecule has 0 unspecified atom stereocenters. The zero-order valence-corrected chi connectivity index (χ0v) is 9.52. The minimum absolute atomic E-state index is 0.368. The van der Waals surface area contributed by atoms with Crippen LogP contribution in [0.15, 0.2) is 12.3 Å². The molecule has 0 aliphatic heterocycles. The topological polar surface area (TPSA) is 42.0 Å². The molecule has 0 radical (unpaired) electrons. The van der Waals surface area contributed by atoms with Crippen LogP contribution in [-0.2, 0) is 4.79 Å². The summed E-state index contributed by atoms with van der Waals surface area (Å²) in [6, 6.07) is 1.64. The van der Waals surface area contributed by atoms with Crippen molar-refractivity contribution in [1.82, 2.24) is 4.98 Å². The Kier molecular flexibility index (Phi) is 3.29. The van der Waals surface area contributed by atoms with Crippen LogP contribution in [0.1, 0.15) is 19.4 Å². The minimum atomic E-state index is -1.91. The number of aromatic nitrogens is 1. The molecule has 82 valence electrons. The van der Waals surface area contributed by atoms with Gasteiger partial charge < -0.3 is 5.32 Å². The number of aryl methyl sites for hydroxylation is 1. The molecule has 3 nitrogen and oxygen atoms in total. The summed E-state index contributed by atoms with van der Waals surface area (Å²) in [5.74, 6) is -0.703. The lowest BCUT2D eigenvalue weighted by atomic mass is 10.1. The maximum Gasteiger partial charge on any atom is 0.261 e. The first kappa shape index (κ1) is 11.9. The van der Waals surface area contributed by atoms with E-state index in [0.717, 1.165) is 5.56 Å². The number of hydrogen-bond acceptors (Lipinski definition) is 2. The van der Waals surface area contributed by atoms with Crippen molar-refractivity contribution in [1.29, 1.82) is 0 Å². The predicted octanol–water partition coefficient (Wildman–Crippen LogP) is 2.73. The van der Waals surface area contributed by atoms with Crippen molar-refractivity contribution < 1.29 is 9.18 Å². The minimum Gasteiger partial charge on any atom is -0.322 e. The van der Waals surface area contributed by atoms with Crippen LogP contribution in [0.5, 0.6) is 0 Å². The largest absolute Gasteiger partial charge is 0.322 e. The summed E-state index contributed by atoms with van der Waals surface area (Å²) in [6.07, 6.45) is 1.39. The Morgan fingerprint density at radius 3 is 2.67 bits per heavy atom. The van der Waals surface area contributed by atoms with E-state index < -0.39 is 11.6 Å². The average molecular weight is 231 g/mol. The van der Waals surface area contributed by atoms with Gasteiger partial charge in [-0.05, 0) is 32.4 Å². The number of hydrogen-bond donors (Lipinski definition) is 1. The predicted molar refractivity (Wildman–Crippen MR) is 57.8 cm³/mol. The summed E-state index contributed by atoms with van der Waals surface area (Å²) >= 11 is 5.71. The van der Waals surface area contributed by atoms with Crippen LogP contribution in [0.25, 0.3) is 0 Å². The van der Waals surface area contributed by atoms with Gasteiger partial charge in [0.25, 0.3) is 5.91 Å². The number of halogens is 2. The first-order valence-electron chi connectivity index (χ1n) is 4.43. The van der Waals surface area contributed by atoms with Gasteiger partial charge >= 0.3 is 0 Å². The fourth-order valence-electron chi connectivity index (χ4n) is 0.906. The molecular weight excluding hydrogens is 219 g/mol. The van der Waals surface area contributed by atoms with Gasteiger partial charge in [0.1, 0.15) is 5.15 Å². The third-order valence-electron chi connectivity index (χ3n) is 1.81. The van der Waals surface area contributed by atoms with E-state index in [-0.39, 0.29) is 0 Å². The Morgan fingerprint density at radius 1 is 1.60 bits per heavy atom. The first-order chi connectivity index (χ1) is 6.80. The molecule has 1 N–H and O–H groups in total. The normalized spacial score (nSPS) is 11.3. The van der Waals surface area contributed by atoms with E-state index in [1.807, 2.05) is 0 Å². The number of pyridine rings is 1. The molecule has 0 bridgehead atoms. The molecular formula is C10H12ClFN2O. The summed E-state index contributed by atoms with van der Waals surface area (Å²) in [5, 5.41) is 2.78. The summed E-state index contributed by atoms with van der Waals surface area (Å²) in [4.78, 5) is 15.1. The first-order valence-corrected chi connectivity index (χ1v) is 4.81. The summed E-state index contributed by atoms with van der Waals surface area (Å²) in [6.45, 7) is 4.14. The SMILES string of the molecule is Cc1cc(NC(=O)C(C)(C)F)cnc1Cl. The highest BCUT2D eigenvalue weighted by molar-refractivity contribution is 6.30. The molecule has 0 aliphatic carbocycles. The van der Waals surface area contributed by atoms with Gasteiger partial charge in [0.15, 0.2) is 5.67 Å². The third kappa shape index (κ3) is 3.16. The van der Waals surface area contributed by atoms with Gasteiger partial charge in [-0.25, -0.2) is 9.37 Å². The summed E-state index contributed by atoms with van der Waals surface area (Å²) < 4.78 is 13.2. The van der Waals surface area contributed by atoms with E-state index in [0.29, 0.717) is 10.8 Å². The second kappa shape index (κ2) is 4.14. The smallest absolute Gasteiger partial charge is 0.261 e. The van der Waals surface area contributed by atoms with E-state index >= 15 is 0 Å². The van der Waals surface area contributed by atoms with E-state index in [9.17, 15) is 9.18 Å². The Bertz CT molecular complexity index is 387. The molecule has 0 saturated heterocycles. The van der Waals surface area contributed by atoms with E-state index in [4.69, 9.17) is 11.6 Å². The molecule has 1 rings (SSSR count). The molecule has 1 aromatic heterocycles. The zero-order valence-electron chi connectivity index (χ0n) is 8.77. The number of nitrogens with zero attached hydrogens (tertiary/aromatic N) is 1. The van der Waals surface area contributed by atoms with Crippen molar-refractivity contribution >= 4 is 23.2 Å². The Labute approximate surface area is 92.7 Å². The van der Waals surface area contributed by atoms with Gasteiger partial charge in [0.05, 0.1) is 11.9 Å². The highest BCUT2D eigenvalue weighted by Crippen LogP contribution is 2.18. The maximum atomic E-state index is 13.2. The lowest BCUT2D eigenvalue weighted by Gasteiger charge is -2.14. The lowest BCUT2D eigenvalue weighted by molar-refractivity contribution is -0.125.